The quantitative estimate of drug-likeness (QED) is 0.518. The molecule has 1 fully saturated rings. The Morgan fingerprint density at radius 1 is 1.31 bits per heavy atom. The van der Waals surface area contributed by atoms with Crippen LogP contribution in [0.4, 0.5) is 0 Å². The highest BCUT2D eigenvalue weighted by Crippen LogP contribution is 2.46. The van der Waals surface area contributed by atoms with E-state index in [1.807, 2.05) is 0 Å². The van der Waals surface area contributed by atoms with Crippen LogP contribution in [0.15, 0.2) is 23.3 Å². The summed E-state index contributed by atoms with van der Waals surface area (Å²) >= 11 is 0. The lowest BCUT2D eigenvalue weighted by Crippen LogP contribution is -2.22. The van der Waals surface area contributed by atoms with Crippen molar-refractivity contribution in [3.63, 3.8) is 0 Å². The molecule has 0 heterocycles. The van der Waals surface area contributed by atoms with Gasteiger partial charge in [-0.25, -0.2) is 0 Å². The van der Waals surface area contributed by atoms with Gasteiger partial charge in [-0.05, 0) is 33.1 Å². The molecule has 1 unspecified atom stereocenters. The molecule has 1 nitrogen and oxygen atoms in total. The molecule has 0 amide bonds. The fourth-order valence-electron chi connectivity index (χ4n) is 2.58. The first kappa shape index (κ1) is 8.74. The maximum absolute atomic E-state index is 11.8. The number of ketones is 1. The largest absolute Gasteiger partial charge is 0.299 e. The molecule has 0 aliphatic heterocycles. The molecule has 0 spiro atoms. The van der Waals surface area contributed by atoms with Gasteiger partial charge in [0.1, 0.15) is 5.78 Å². The Morgan fingerprint density at radius 2 is 2.08 bits per heavy atom. The Bertz CT molecular complexity index is 309. The van der Waals surface area contributed by atoms with E-state index in [1.165, 1.54) is 11.1 Å². The number of Topliss-reactive ketones (excluding diaryl/α,β-unsaturated/α-hetero) is 1. The van der Waals surface area contributed by atoms with Crippen LogP contribution in [0.1, 0.15) is 39.5 Å². The van der Waals surface area contributed by atoms with E-state index >= 15 is 0 Å². The fraction of sp³-hybridized carbons (Fsp3) is 0.583. The second kappa shape index (κ2) is 2.83. The van der Waals surface area contributed by atoms with Gasteiger partial charge in [0.15, 0.2) is 0 Å². The van der Waals surface area contributed by atoms with Crippen molar-refractivity contribution in [2.24, 2.45) is 5.41 Å². The minimum absolute atomic E-state index is 0.142. The maximum atomic E-state index is 11.8. The van der Waals surface area contributed by atoms with E-state index in [0.717, 1.165) is 25.7 Å². The number of carbonyl (C=O) groups is 1. The lowest BCUT2D eigenvalue weighted by molar-refractivity contribution is -0.123. The summed E-state index contributed by atoms with van der Waals surface area (Å²) in [6, 6.07) is 0. The van der Waals surface area contributed by atoms with Crippen molar-refractivity contribution in [3.8, 4) is 0 Å². The first-order valence-corrected chi connectivity index (χ1v) is 5.02. The van der Waals surface area contributed by atoms with E-state index < -0.39 is 0 Å². The molecule has 0 aromatic heterocycles. The van der Waals surface area contributed by atoms with Gasteiger partial charge in [0.05, 0.1) is 5.41 Å². The minimum atomic E-state index is -0.142. The third-order valence-electron chi connectivity index (χ3n) is 3.52. The van der Waals surface area contributed by atoms with Gasteiger partial charge in [-0.15, -0.1) is 0 Å². The number of hydrogen-bond donors (Lipinski definition) is 0. The fourth-order valence-corrected chi connectivity index (χ4v) is 2.58. The molecule has 0 bridgehead atoms. The SMILES string of the molecule is CC1=C2CCC(=O)C2(C)CC=CC1. The summed E-state index contributed by atoms with van der Waals surface area (Å²) in [5, 5.41) is 0. The zero-order valence-corrected chi connectivity index (χ0v) is 8.39. The predicted octanol–water partition coefficient (Wildman–Crippen LogP) is 3.02. The van der Waals surface area contributed by atoms with Crippen molar-refractivity contribution in [3.05, 3.63) is 23.3 Å². The Kier molecular flexibility index (Phi) is 1.90. The van der Waals surface area contributed by atoms with Crippen LogP contribution in [0.5, 0.6) is 0 Å². The van der Waals surface area contributed by atoms with Crippen LogP contribution in [0, 0.1) is 5.41 Å². The molecule has 0 aromatic rings. The summed E-state index contributed by atoms with van der Waals surface area (Å²) in [7, 11) is 0. The summed E-state index contributed by atoms with van der Waals surface area (Å²) < 4.78 is 0. The Morgan fingerprint density at radius 3 is 2.85 bits per heavy atom. The molecule has 2 aliphatic carbocycles. The van der Waals surface area contributed by atoms with Crippen molar-refractivity contribution in [2.45, 2.75) is 39.5 Å². The number of allylic oxidation sites excluding steroid dienone is 4. The lowest BCUT2D eigenvalue weighted by Gasteiger charge is -2.23. The highest BCUT2D eigenvalue weighted by Gasteiger charge is 2.41. The minimum Gasteiger partial charge on any atom is -0.299 e. The molecule has 2 rings (SSSR count). The van der Waals surface area contributed by atoms with E-state index in [9.17, 15) is 4.79 Å². The van der Waals surface area contributed by atoms with Crippen LogP contribution >= 0.6 is 0 Å². The number of hydrogen-bond acceptors (Lipinski definition) is 1. The van der Waals surface area contributed by atoms with Gasteiger partial charge in [0.25, 0.3) is 0 Å². The normalized spacial score (nSPS) is 33.5. The highest BCUT2D eigenvalue weighted by atomic mass is 16.1. The maximum Gasteiger partial charge on any atom is 0.143 e. The van der Waals surface area contributed by atoms with Gasteiger partial charge >= 0.3 is 0 Å². The number of carbonyl (C=O) groups excluding carboxylic acids is 1. The smallest absolute Gasteiger partial charge is 0.143 e. The molecule has 1 atom stereocenters. The van der Waals surface area contributed by atoms with Crippen LogP contribution in [-0.4, -0.2) is 5.78 Å². The Hall–Kier alpha value is -0.850. The molecule has 0 N–H and O–H groups in total. The van der Waals surface area contributed by atoms with Gasteiger partial charge in [-0.3, -0.25) is 4.79 Å². The van der Waals surface area contributed by atoms with E-state index in [0.29, 0.717) is 5.78 Å². The molecular weight excluding hydrogens is 160 g/mol. The Labute approximate surface area is 79.5 Å². The monoisotopic (exact) mass is 176 g/mol. The van der Waals surface area contributed by atoms with E-state index in [2.05, 4.69) is 26.0 Å². The number of fused-ring (bicyclic) bond motifs is 1. The zero-order valence-electron chi connectivity index (χ0n) is 8.39. The second-order valence-electron chi connectivity index (χ2n) is 4.39. The molecule has 0 aromatic carbocycles. The standard InChI is InChI=1S/C12H16O/c1-9-5-3-4-8-12(2)10(9)6-7-11(12)13/h3-4H,5-8H2,1-2H3. The molecule has 70 valence electrons. The second-order valence-corrected chi connectivity index (χ2v) is 4.39. The van der Waals surface area contributed by atoms with Crippen LogP contribution in [0.3, 0.4) is 0 Å². The van der Waals surface area contributed by atoms with Gasteiger partial charge in [-0.1, -0.05) is 23.3 Å². The van der Waals surface area contributed by atoms with Gasteiger partial charge in [0.2, 0.25) is 0 Å². The summed E-state index contributed by atoms with van der Waals surface area (Å²) in [5.74, 6) is 0.438. The van der Waals surface area contributed by atoms with Crippen molar-refractivity contribution < 1.29 is 4.79 Å². The summed E-state index contributed by atoms with van der Waals surface area (Å²) in [4.78, 5) is 11.8. The summed E-state index contributed by atoms with van der Waals surface area (Å²) in [6.07, 6.45) is 8.08. The summed E-state index contributed by atoms with van der Waals surface area (Å²) in [6.45, 7) is 4.28. The average molecular weight is 176 g/mol. The van der Waals surface area contributed by atoms with Crippen molar-refractivity contribution >= 4 is 5.78 Å². The van der Waals surface area contributed by atoms with E-state index in [-0.39, 0.29) is 5.41 Å². The average Bonchev–Trinajstić information content (AvgIpc) is 2.29. The topological polar surface area (TPSA) is 17.1 Å². The van der Waals surface area contributed by atoms with Gasteiger partial charge in [-0.2, -0.15) is 0 Å². The number of rotatable bonds is 0. The van der Waals surface area contributed by atoms with Gasteiger partial charge < -0.3 is 0 Å². The molecule has 13 heavy (non-hydrogen) atoms. The van der Waals surface area contributed by atoms with Crippen LogP contribution in [0.2, 0.25) is 0 Å². The zero-order chi connectivity index (χ0) is 9.47. The molecule has 0 radical (unpaired) electrons. The van der Waals surface area contributed by atoms with Crippen molar-refractivity contribution in [1.29, 1.82) is 0 Å². The van der Waals surface area contributed by atoms with E-state index in [4.69, 9.17) is 0 Å². The van der Waals surface area contributed by atoms with Crippen LogP contribution < -0.4 is 0 Å². The first-order valence-electron chi connectivity index (χ1n) is 5.02. The molecular formula is C12H16O. The molecule has 0 saturated heterocycles. The van der Waals surface area contributed by atoms with Crippen LogP contribution in [-0.2, 0) is 4.79 Å². The predicted molar refractivity (Wildman–Crippen MR) is 53.4 cm³/mol. The highest BCUT2D eigenvalue weighted by molar-refractivity contribution is 5.91. The lowest BCUT2D eigenvalue weighted by atomic mass is 9.79. The van der Waals surface area contributed by atoms with Crippen molar-refractivity contribution in [2.75, 3.05) is 0 Å². The van der Waals surface area contributed by atoms with Crippen LogP contribution in [0.25, 0.3) is 0 Å². The molecule has 2 aliphatic rings. The molecule has 1 saturated carbocycles. The summed E-state index contributed by atoms with van der Waals surface area (Å²) in [5.41, 5.74) is 2.70. The molecule has 1 heteroatoms. The third kappa shape index (κ3) is 1.18. The first-order chi connectivity index (χ1) is 6.14. The van der Waals surface area contributed by atoms with E-state index in [1.54, 1.807) is 0 Å². The Balaban J connectivity index is 2.49. The van der Waals surface area contributed by atoms with Crippen molar-refractivity contribution in [1.82, 2.24) is 0 Å². The third-order valence-corrected chi connectivity index (χ3v) is 3.52. The van der Waals surface area contributed by atoms with Gasteiger partial charge in [0, 0.05) is 6.42 Å².